The molecule has 0 saturated heterocycles. The number of pyridine rings is 1. The maximum absolute atomic E-state index is 11.5. The van der Waals surface area contributed by atoms with Gasteiger partial charge in [0.1, 0.15) is 17.2 Å². The van der Waals surface area contributed by atoms with Crippen LogP contribution in [0.15, 0.2) is 54.7 Å². The minimum absolute atomic E-state index is 0.0998. The van der Waals surface area contributed by atoms with E-state index in [9.17, 15) is 9.90 Å². The number of hydrogen-bond donors (Lipinski definition) is 3. The van der Waals surface area contributed by atoms with Crippen LogP contribution in [0.3, 0.4) is 0 Å². The Morgan fingerprint density at radius 2 is 2.07 bits per heavy atom. The summed E-state index contributed by atoms with van der Waals surface area (Å²) in [6, 6.07) is 14.9. The third kappa shape index (κ3) is 2.84. The lowest BCUT2D eigenvalue weighted by Gasteiger charge is -2.06. The van der Waals surface area contributed by atoms with E-state index in [4.69, 9.17) is 10.7 Å². The zero-order valence-corrected chi connectivity index (χ0v) is 14.6. The van der Waals surface area contributed by atoms with Crippen LogP contribution in [-0.4, -0.2) is 27.7 Å². The van der Waals surface area contributed by atoms with Gasteiger partial charge in [-0.25, -0.2) is 9.78 Å². The zero-order chi connectivity index (χ0) is 19.0. The molecule has 0 fully saturated rings. The molecule has 0 aliphatic carbocycles. The maximum atomic E-state index is 11.5. The molecule has 0 unspecified atom stereocenters. The third-order valence-corrected chi connectivity index (χ3v) is 4.52. The molecule has 0 atom stereocenters. The number of carbonyl (C=O) groups excluding carboxylic acids is 1. The average molecular weight is 362 g/mol. The van der Waals surface area contributed by atoms with E-state index in [1.807, 2.05) is 48.7 Å². The smallest absolute Gasteiger partial charge is 0.411 e. The van der Waals surface area contributed by atoms with Gasteiger partial charge in [-0.1, -0.05) is 30.3 Å². The number of benzene rings is 2. The highest BCUT2D eigenvalue weighted by Crippen LogP contribution is 2.32. The zero-order valence-electron chi connectivity index (χ0n) is 14.6. The van der Waals surface area contributed by atoms with E-state index in [2.05, 4.69) is 10.1 Å². The van der Waals surface area contributed by atoms with Crippen molar-refractivity contribution >= 4 is 34.0 Å². The second kappa shape index (κ2) is 6.62. The molecule has 7 nitrogen and oxygen atoms in total. The van der Waals surface area contributed by atoms with Crippen molar-refractivity contribution in [1.82, 2.24) is 9.38 Å². The first-order valence-electron chi connectivity index (χ1n) is 8.36. The van der Waals surface area contributed by atoms with Gasteiger partial charge < -0.3 is 15.6 Å². The number of amides is 1. The van der Waals surface area contributed by atoms with E-state index in [-0.39, 0.29) is 6.61 Å². The fourth-order valence-electron chi connectivity index (χ4n) is 3.17. The van der Waals surface area contributed by atoms with E-state index < -0.39 is 6.09 Å². The summed E-state index contributed by atoms with van der Waals surface area (Å²) in [4.78, 5) is 16.2. The number of hydrogen-bond acceptors (Lipinski definition) is 5. The quantitative estimate of drug-likeness (QED) is 0.518. The molecule has 0 radical (unpaired) electrons. The lowest BCUT2D eigenvalue weighted by atomic mass is 10.1. The Balaban J connectivity index is 1.94. The van der Waals surface area contributed by atoms with E-state index in [0.717, 1.165) is 21.9 Å². The Morgan fingerprint density at radius 1 is 1.26 bits per heavy atom. The molecule has 4 aromatic rings. The molecular formula is C20H18N4O3. The summed E-state index contributed by atoms with van der Waals surface area (Å²) >= 11 is 0. The molecule has 7 heteroatoms. The molecule has 2 aromatic carbocycles. The predicted octanol–water partition coefficient (Wildman–Crippen LogP) is 3.41. The van der Waals surface area contributed by atoms with Gasteiger partial charge in [-0.05, 0) is 29.1 Å². The molecule has 2 heterocycles. The molecule has 0 spiro atoms. The van der Waals surface area contributed by atoms with Crippen molar-refractivity contribution in [2.45, 2.75) is 6.61 Å². The van der Waals surface area contributed by atoms with Crippen LogP contribution in [-0.2, 0) is 11.3 Å². The van der Waals surface area contributed by atoms with Crippen molar-refractivity contribution in [3.63, 3.8) is 0 Å². The molecule has 0 aliphatic heterocycles. The van der Waals surface area contributed by atoms with Gasteiger partial charge >= 0.3 is 6.09 Å². The summed E-state index contributed by atoms with van der Waals surface area (Å²) in [6.07, 6.45) is 1.32. The Kier molecular flexibility index (Phi) is 4.13. The lowest BCUT2D eigenvalue weighted by molar-refractivity contribution is 0.187. The number of carbonyl (C=O) groups is 1. The van der Waals surface area contributed by atoms with Crippen LogP contribution in [0.5, 0.6) is 0 Å². The number of aromatic nitrogens is 2. The van der Waals surface area contributed by atoms with Crippen LogP contribution >= 0.6 is 0 Å². The summed E-state index contributed by atoms with van der Waals surface area (Å²) in [6.45, 7) is -0.0998. The van der Waals surface area contributed by atoms with Crippen molar-refractivity contribution in [1.29, 1.82) is 0 Å². The highest BCUT2D eigenvalue weighted by atomic mass is 16.5. The largest absolute Gasteiger partial charge is 0.453 e. The number of aliphatic hydroxyl groups is 1. The number of methoxy groups -OCH3 is 1. The molecule has 0 aliphatic rings. The Labute approximate surface area is 155 Å². The first-order chi connectivity index (χ1) is 13.1. The predicted molar refractivity (Wildman–Crippen MR) is 104 cm³/mol. The number of imidazole rings is 1. The first-order valence-corrected chi connectivity index (χ1v) is 8.36. The Morgan fingerprint density at radius 3 is 2.85 bits per heavy atom. The number of aliphatic hydroxyl groups excluding tert-OH is 1. The van der Waals surface area contributed by atoms with Crippen LogP contribution in [0.4, 0.5) is 16.3 Å². The summed E-state index contributed by atoms with van der Waals surface area (Å²) in [7, 11) is 1.31. The van der Waals surface area contributed by atoms with Gasteiger partial charge in [-0.2, -0.15) is 0 Å². The maximum Gasteiger partial charge on any atom is 0.411 e. The normalized spacial score (nSPS) is 11.0. The fraction of sp³-hybridized carbons (Fsp3) is 0.100. The van der Waals surface area contributed by atoms with E-state index in [1.54, 1.807) is 10.5 Å². The molecule has 0 saturated carbocycles. The van der Waals surface area contributed by atoms with Gasteiger partial charge in [-0.15, -0.1) is 0 Å². The number of ether oxygens (including phenoxy) is 1. The second-order valence-electron chi connectivity index (χ2n) is 6.09. The molecule has 1 amide bonds. The number of nitrogens with two attached hydrogens (primary N) is 1. The molecule has 136 valence electrons. The van der Waals surface area contributed by atoms with E-state index >= 15 is 0 Å². The standard InChI is InChI=1S/C20H18N4O3/c1-27-20(26)22-14-7-6-12-8-9-24-18(21)17(23-19(24)16(12)10-14)15-5-3-2-4-13(15)11-25/h2-10,25H,11,21H2,1H3,(H,22,26). The number of nitrogens with zero attached hydrogens (tertiary/aromatic N) is 2. The number of rotatable bonds is 3. The van der Waals surface area contributed by atoms with Gasteiger partial charge in [0, 0.05) is 22.8 Å². The minimum Gasteiger partial charge on any atom is -0.453 e. The second-order valence-corrected chi connectivity index (χ2v) is 6.09. The SMILES string of the molecule is COC(=O)Nc1ccc2ccn3c(N)c(-c4ccccc4CO)nc3c2c1. The molecule has 27 heavy (non-hydrogen) atoms. The Bertz CT molecular complexity index is 1170. The van der Waals surface area contributed by atoms with Crippen molar-refractivity contribution in [2.75, 3.05) is 18.2 Å². The van der Waals surface area contributed by atoms with Crippen LogP contribution in [0, 0.1) is 0 Å². The number of anilines is 2. The van der Waals surface area contributed by atoms with Gasteiger partial charge in [0.2, 0.25) is 0 Å². The third-order valence-electron chi connectivity index (χ3n) is 4.52. The minimum atomic E-state index is -0.540. The summed E-state index contributed by atoms with van der Waals surface area (Å²) in [5.41, 5.74) is 9.78. The van der Waals surface area contributed by atoms with Crippen molar-refractivity contribution in [3.8, 4) is 11.3 Å². The summed E-state index contributed by atoms with van der Waals surface area (Å²) in [5, 5.41) is 14.1. The molecule has 4 rings (SSSR count). The lowest BCUT2D eigenvalue weighted by Crippen LogP contribution is -2.10. The monoisotopic (exact) mass is 362 g/mol. The fourth-order valence-corrected chi connectivity index (χ4v) is 3.17. The van der Waals surface area contributed by atoms with Gasteiger partial charge in [-0.3, -0.25) is 9.72 Å². The highest BCUT2D eigenvalue weighted by molar-refractivity contribution is 5.99. The van der Waals surface area contributed by atoms with Gasteiger partial charge in [0.25, 0.3) is 0 Å². The van der Waals surface area contributed by atoms with Crippen molar-refractivity contribution in [3.05, 3.63) is 60.3 Å². The summed E-state index contributed by atoms with van der Waals surface area (Å²) in [5.74, 6) is 0.485. The van der Waals surface area contributed by atoms with E-state index in [1.165, 1.54) is 7.11 Å². The number of fused-ring (bicyclic) bond motifs is 3. The topological polar surface area (TPSA) is 102 Å². The van der Waals surface area contributed by atoms with Crippen LogP contribution in [0.25, 0.3) is 27.7 Å². The Hall–Kier alpha value is -3.58. The molecular weight excluding hydrogens is 344 g/mol. The average Bonchev–Trinajstić information content (AvgIpc) is 3.04. The molecule has 0 bridgehead atoms. The van der Waals surface area contributed by atoms with Crippen LogP contribution < -0.4 is 11.1 Å². The first kappa shape index (κ1) is 16.9. The summed E-state index contributed by atoms with van der Waals surface area (Å²) < 4.78 is 6.45. The molecule has 2 aromatic heterocycles. The number of nitrogen functional groups attached to an aromatic ring is 1. The van der Waals surface area contributed by atoms with Gasteiger partial charge in [0.15, 0.2) is 0 Å². The highest BCUT2D eigenvalue weighted by Gasteiger charge is 2.16. The van der Waals surface area contributed by atoms with Gasteiger partial charge in [0.05, 0.1) is 13.7 Å². The number of nitrogens with one attached hydrogen (secondary N) is 1. The van der Waals surface area contributed by atoms with Crippen molar-refractivity contribution < 1.29 is 14.6 Å². The van der Waals surface area contributed by atoms with E-state index in [0.29, 0.717) is 22.8 Å². The molecule has 4 N–H and O–H groups in total. The van der Waals surface area contributed by atoms with Crippen molar-refractivity contribution in [2.24, 2.45) is 0 Å². The van der Waals surface area contributed by atoms with Crippen LogP contribution in [0.1, 0.15) is 5.56 Å². The van der Waals surface area contributed by atoms with Crippen LogP contribution in [0.2, 0.25) is 0 Å².